The highest BCUT2D eigenvalue weighted by Gasteiger charge is 2.18. The highest BCUT2D eigenvalue weighted by atomic mass is 79.9. The predicted molar refractivity (Wildman–Crippen MR) is 120 cm³/mol. The van der Waals surface area contributed by atoms with Crippen LogP contribution in [0.25, 0.3) is 0 Å². The standard InChI is InChI=1S/C22H19BrN2O4S/c1-25(13-15-7-2-4-9-17(15)23)20(26)14-29-22(28)16-8-3-5-10-18(16)24-21(27)19-11-6-12-30-19/h2-12H,13-14H2,1H3,(H,24,27). The summed E-state index contributed by atoms with van der Waals surface area (Å²) in [4.78, 5) is 39.2. The summed E-state index contributed by atoms with van der Waals surface area (Å²) in [6.45, 7) is -0.0156. The Labute approximate surface area is 186 Å². The highest BCUT2D eigenvalue weighted by molar-refractivity contribution is 9.10. The van der Waals surface area contributed by atoms with Gasteiger partial charge in [0.2, 0.25) is 0 Å². The monoisotopic (exact) mass is 486 g/mol. The molecular formula is C22H19BrN2O4S. The number of esters is 1. The normalized spacial score (nSPS) is 10.3. The zero-order chi connectivity index (χ0) is 21.5. The predicted octanol–water partition coefficient (Wildman–Crippen LogP) is 4.58. The number of carbonyl (C=O) groups is 3. The van der Waals surface area contributed by atoms with Gasteiger partial charge in [0.05, 0.1) is 16.1 Å². The van der Waals surface area contributed by atoms with Crippen molar-refractivity contribution in [1.29, 1.82) is 0 Å². The van der Waals surface area contributed by atoms with E-state index in [1.165, 1.54) is 16.2 Å². The summed E-state index contributed by atoms with van der Waals surface area (Å²) < 4.78 is 6.10. The quantitative estimate of drug-likeness (QED) is 0.496. The smallest absolute Gasteiger partial charge is 0.340 e. The summed E-state index contributed by atoms with van der Waals surface area (Å²) in [7, 11) is 1.64. The van der Waals surface area contributed by atoms with Gasteiger partial charge in [0.15, 0.2) is 6.61 Å². The lowest BCUT2D eigenvalue weighted by Crippen LogP contribution is -2.31. The Kier molecular flexibility index (Phi) is 7.37. The topological polar surface area (TPSA) is 75.7 Å². The third kappa shape index (κ3) is 5.55. The molecule has 0 aliphatic heterocycles. The molecule has 0 bridgehead atoms. The Morgan fingerprint density at radius 1 is 1.03 bits per heavy atom. The van der Waals surface area contributed by atoms with E-state index in [9.17, 15) is 14.4 Å². The van der Waals surface area contributed by atoms with Crippen LogP contribution < -0.4 is 5.32 Å². The van der Waals surface area contributed by atoms with Gasteiger partial charge in [-0.25, -0.2) is 4.79 Å². The molecule has 0 spiro atoms. The van der Waals surface area contributed by atoms with Crippen LogP contribution in [0.3, 0.4) is 0 Å². The van der Waals surface area contributed by atoms with Gasteiger partial charge in [0, 0.05) is 18.1 Å². The first-order valence-electron chi connectivity index (χ1n) is 9.04. The van der Waals surface area contributed by atoms with Crippen molar-refractivity contribution in [2.24, 2.45) is 0 Å². The molecule has 1 aromatic heterocycles. The van der Waals surface area contributed by atoms with Gasteiger partial charge in [-0.3, -0.25) is 9.59 Å². The molecule has 0 saturated carbocycles. The van der Waals surface area contributed by atoms with E-state index >= 15 is 0 Å². The molecule has 0 saturated heterocycles. The van der Waals surface area contributed by atoms with Crippen molar-refractivity contribution < 1.29 is 19.1 Å². The molecule has 6 nitrogen and oxygen atoms in total. The SMILES string of the molecule is CN(Cc1ccccc1Br)C(=O)COC(=O)c1ccccc1NC(=O)c1cccs1. The van der Waals surface area contributed by atoms with Gasteiger partial charge in [-0.15, -0.1) is 11.3 Å². The number of ether oxygens (including phenoxy) is 1. The number of rotatable bonds is 7. The van der Waals surface area contributed by atoms with E-state index in [2.05, 4.69) is 21.2 Å². The zero-order valence-corrected chi connectivity index (χ0v) is 18.5. The zero-order valence-electron chi connectivity index (χ0n) is 16.1. The third-order valence-corrected chi connectivity index (χ3v) is 5.90. The van der Waals surface area contributed by atoms with Crippen molar-refractivity contribution >= 4 is 50.7 Å². The molecule has 0 atom stereocenters. The highest BCUT2D eigenvalue weighted by Crippen LogP contribution is 2.20. The first-order chi connectivity index (χ1) is 14.5. The van der Waals surface area contributed by atoms with Crippen molar-refractivity contribution in [3.05, 3.63) is 86.5 Å². The summed E-state index contributed by atoms with van der Waals surface area (Å²) in [6.07, 6.45) is 0. The van der Waals surface area contributed by atoms with Crippen LogP contribution in [0.1, 0.15) is 25.6 Å². The minimum absolute atomic E-state index is 0.184. The maximum atomic E-state index is 12.5. The molecule has 1 heterocycles. The van der Waals surface area contributed by atoms with Gasteiger partial charge in [-0.2, -0.15) is 0 Å². The van der Waals surface area contributed by atoms with Gasteiger partial charge < -0.3 is 15.0 Å². The molecule has 0 radical (unpaired) electrons. The molecule has 0 fully saturated rings. The van der Waals surface area contributed by atoms with Crippen molar-refractivity contribution in [3.63, 3.8) is 0 Å². The van der Waals surface area contributed by atoms with Gasteiger partial charge in [0.25, 0.3) is 11.8 Å². The van der Waals surface area contributed by atoms with E-state index in [0.29, 0.717) is 17.1 Å². The van der Waals surface area contributed by atoms with E-state index < -0.39 is 12.6 Å². The van der Waals surface area contributed by atoms with E-state index in [4.69, 9.17) is 4.74 Å². The van der Waals surface area contributed by atoms with E-state index in [1.54, 1.807) is 48.8 Å². The van der Waals surface area contributed by atoms with E-state index in [1.807, 2.05) is 24.3 Å². The van der Waals surface area contributed by atoms with Crippen LogP contribution in [0, 0.1) is 0 Å². The Bertz CT molecular complexity index is 1050. The van der Waals surface area contributed by atoms with Crippen molar-refractivity contribution in [1.82, 2.24) is 4.90 Å². The maximum absolute atomic E-state index is 12.5. The number of thiophene rings is 1. The number of amides is 2. The lowest BCUT2D eigenvalue weighted by atomic mass is 10.1. The lowest BCUT2D eigenvalue weighted by molar-refractivity contribution is -0.133. The van der Waals surface area contributed by atoms with Crippen LogP contribution in [-0.2, 0) is 16.1 Å². The fourth-order valence-corrected chi connectivity index (χ4v) is 3.68. The minimum Gasteiger partial charge on any atom is -0.452 e. The van der Waals surface area contributed by atoms with Crippen molar-refractivity contribution in [3.8, 4) is 0 Å². The first kappa shape index (κ1) is 21.7. The number of para-hydroxylation sites is 1. The van der Waals surface area contributed by atoms with Crippen LogP contribution in [-0.4, -0.2) is 36.3 Å². The molecule has 3 rings (SSSR count). The Morgan fingerprint density at radius 2 is 1.77 bits per heavy atom. The van der Waals surface area contributed by atoms with Crippen LogP contribution in [0.2, 0.25) is 0 Å². The Morgan fingerprint density at radius 3 is 2.50 bits per heavy atom. The summed E-state index contributed by atoms with van der Waals surface area (Å²) in [5, 5.41) is 4.51. The molecule has 2 aromatic carbocycles. The molecule has 0 aliphatic carbocycles. The summed E-state index contributed by atoms with van der Waals surface area (Å²) in [6, 6.07) is 17.6. The third-order valence-electron chi connectivity index (χ3n) is 4.26. The van der Waals surface area contributed by atoms with E-state index in [-0.39, 0.29) is 17.4 Å². The van der Waals surface area contributed by atoms with Gasteiger partial charge in [0.1, 0.15) is 0 Å². The summed E-state index contributed by atoms with van der Waals surface area (Å²) in [5.41, 5.74) is 1.46. The number of hydrogen-bond acceptors (Lipinski definition) is 5. The number of nitrogens with zero attached hydrogens (tertiary/aromatic N) is 1. The number of hydrogen-bond donors (Lipinski definition) is 1. The summed E-state index contributed by atoms with van der Waals surface area (Å²) in [5.74, 6) is -1.33. The van der Waals surface area contributed by atoms with Crippen LogP contribution in [0.5, 0.6) is 0 Å². The number of carbonyl (C=O) groups excluding carboxylic acids is 3. The molecule has 0 unspecified atom stereocenters. The minimum atomic E-state index is -0.681. The molecule has 8 heteroatoms. The van der Waals surface area contributed by atoms with Crippen LogP contribution in [0.15, 0.2) is 70.5 Å². The summed E-state index contributed by atoms with van der Waals surface area (Å²) >= 11 is 4.75. The second kappa shape index (κ2) is 10.2. The number of benzene rings is 2. The second-order valence-electron chi connectivity index (χ2n) is 6.39. The maximum Gasteiger partial charge on any atom is 0.340 e. The van der Waals surface area contributed by atoms with Crippen molar-refractivity contribution in [2.45, 2.75) is 6.54 Å². The van der Waals surface area contributed by atoms with Gasteiger partial charge in [-0.1, -0.05) is 52.3 Å². The number of nitrogens with one attached hydrogen (secondary N) is 1. The van der Waals surface area contributed by atoms with Gasteiger partial charge in [-0.05, 0) is 35.2 Å². The molecule has 30 heavy (non-hydrogen) atoms. The number of anilines is 1. The number of halogens is 1. The Balaban J connectivity index is 1.60. The fraction of sp³-hybridized carbons (Fsp3) is 0.136. The average molecular weight is 487 g/mol. The molecule has 154 valence electrons. The second-order valence-corrected chi connectivity index (χ2v) is 8.20. The van der Waals surface area contributed by atoms with Crippen molar-refractivity contribution in [2.75, 3.05) is 19.0 Å². The lowest BCUT2D eigenvalue weighted by Gasteiger charge is -2.18. The molecule has 2 amide bonds. The molecule has 1 N–H and O–H groups in total. The molecular weight excluding hydrogens is 468 g/mol. The van der Waals surface area contributed by atoms with Crippen LogP contribution in [0.4, 0.5) is 5.69 Å². The van der Waals surface area contributed by atoms with Gasteiger partial charge >= 0.3 is 5.97 Å². The van der Waals surface area contributed by atoms with E-state index in [0.717, 1.165) is 10.0 Å². The molecule has 0 aliphatic rings. The molecule has 3 aromatic rings. The largest absolute Gasteiger partial charge is 0.452 e. The first-order valence-corrected chi connectivity index (χ1v) is 10.7. The fourth-order valence-electron chi connectivity index (χ4n) is 2.65. The van der Waals surface area contributed by atoms with Crippen LogP contribution >= 0.6 is 27.3 Å². The Hall–Kier alpha value is -2.97. The average Bonchev–Trinajstić information content (AvgIpc) is 3.29. The number of likely N-dealkylation sites (N-methyl/N-ethyl adjacent to an activating group) is 1.